The lowest BCUT2D eigenvalue weighted by Crippen LogP contribution is -2.42. The lowest BCUT2D eigenvalue weighted by atomic mass is 9.91. The molecule has 6 nitrogen and oxygen atoms in total. The van der Waals surface area contributed by atoms with E-state index in [0.29, 0.717) is 12.6 Å². The second-order valence-electron chi connectivity index (χ2n) is 4.04. The van der Waals surface area contributed by atoms with Crippen LogP contribution >= 0.6 is 0 Å². The maximum atomic E-state index is 5.60. The van der Waals surface area contributed by atoms with Crippen LogP contribution in [0.5, 0.6) is 0 Å². The first-order valence-electron chi connectivity index (χ1n) is 5.46. The summed E-state index contributed by atoms with van der Waals surface area (Å²) in [6, 6.07) is 0.678. The van der Waals surface area contributed by atoms with Crippen molar-refractivity contribution < 1.29 is 0 Å². The van der Waals surface area contributed by atoms with Crippen molar-refractivity contribution in [2.24, 2.45) is 12.8 Å². The Morgan fingerprint density at radius 1 is 1.53 bits per heavy atom. The van der Waals surface area contributed by atoms with Crippen molar-refractivity contribution in [1.29, 1.82) is 0 Å². The molecule has 1 saturated carbocycles. The summed E-state index contributed by atoms with van der Waals surface area (Å²) in [5, 5.41) is 12.0. The molecule has 6 heteroatoms. The number of aromatic nitrogens is 4. The van der Waals surface area contributed by atoms with Crippen molar-refractivity contribution >= 4 is 0 Å². The highest BCUT2D eigenvalue weighted by Crippen LogP contribution is 2.25. The van der Waals surface area contributed by atoms with Gasteiger partial charge in [-0.15, -0.1) is 10.2 Å². The Morgan fingerprint density at radius 3 is 2.80 bits per heavy atom. The highest BCUT2D eigenvalue weighted by Gasteiger charge is 2.25. The molecule has 0 amide bonds. The second kappa shape index (κ2) is 4.67. The van der Waals surface area contributed by atoms with Gasteiger partial charge in [0.05, 0.1) is 13.6 Å². The Kier molecular flexibility index (Phi) is 3.27. The number of hydrogen-bond acceptors (Lipinski definition) is 5. The molecule has 1 heterocycles. The van der Waals surface area contributed by atoms with E-state index in [4.69, 9.17) is 5.73 Å². The normalized spacial score (nSPS) is 17.0. The third-order valence-corrected chi connectivity index (χ3v) is 2.90. The first-order valence-corrected chi connectivity index (χ1v) is 5.46. The minimum atomic E-state index is 0.678. The van der Waals surface area contributed by atoms with Crippen molar-refractivity contribution in [2.75, 3.05) is 13.1 Å². The summed E-state index contributed by atoms with van der Waals surface area (Å²) in [6.45, 7) is 2.38. The predicted molar refractivity (Wildman–Crippen MR) is 55.9 cm³/mol. The smallest absolute Gasteiger partial charge is 0.188 e. The third-order valence-electron chi connectivity index (χ3n) is 2.90. The summed E-state index contributed by atoms with van der Waals surface area (Å²) in [6.07, 6.45) is 3.89. The van der Waals surface area contributed by atoms with Crippen molar-refractivity contribution in [3.8, 4) is 0 Å². The molecule has 0 unspecified atom stereocenters. The number of aryl methyl sites for hydroxylation is 1. The maximum absolute atomic E-state index is 5.60. The van der Waals surface area contributed by atoms with Crippen LogP contribution in [-0.4, -0.2) is 44.2 Å². The summed E-state index contributed by atoms with van der Waals surface area (Å²) in [4.78, 5) is 3.86. The Balaban J connectivity index is 1.93. The molecule has 1 aromatic heterocycles. The molecule has 2 N–H and O–H groups in total. The summed E-state index contributed by atoms with van der Waals surface area (Å²) < 4.78 is 0. The van der Waals surface area contributed by atoms with Gasteiger partial charge >= 0.3 is 0 Å². The molecule has 0 radical (unpaired) electrons. The third kappa shape index (κ3) is 2.51. The Labute approximate surface area is 89.4 Å². The standard InChI is InChI=1S/C9H18N6/c1-14-12-9(11-13-14)7-15(6-5-10)8-3-2-4-8/h8H,2-7,10H2,1H3. The van der Waals surface area contributed by atoms with Crippen LogP contribution in [0, 0.1) is 0 Å². The fourth-order valence-electron chi connectivity index (χ4n) is 1.88. The van der Waals surface area contributed by atoms with Crippen LogP contribution in [0.15, 0.2) is 0 Å². The zero-order chi connectivity index (χ0) is 10.7. The molecule has 0 saturated heterocycles. The zero-order valence-corrected chi connectivity index (χ0v) is 9.13. The van der Waals surface area contributed by atoms with Gasteiger partial charge in [0.25, 0.3) is 0 Å². The maximum Gasteiger partial charge on any atom is 0.188 e. The molecule has 1 aromatic rings. The lowest BCUT2D eigenvalue weighted by molar-refractivity contribution is 0.120. The van der Waals surface area contributed by atoms with E-state index >= 15 is 0 Å². The van der Waals surface area contributed by atoms with E-state index in [9.17, 15) is 0 Å². The number of nitrogens with zero attached hydrogens (tertiary/aromatic N) is 5. The van der Waals surface area contributed by atoms with Gasteiger partial charge in [-0.1, -0.05) is 6.42 Å². The van der Waals surface area contributed by atoms with Gasteiger partial charge in [0.2, 0.25) is 0 Å². The zero-order valence-electron chi connectivity index (χ0n) is 9.13. The second-order valence-corrected chi connectivity index (χ2v) is 4.04. The number of tetrazole rings is 1. The Bertz CT molecular complexity index is 305. The van der Waals surface area contributed by atoms with E-state index in [0.717, 1.165) is 18.9 Å². The molecule has 15 heavy (non-hydrogen) atoms. The summed E-state index contributed by atoms with van der Waals surface area (Å²) in [5.74, 6) is 0.790. The summed E-state index contributed by atoms with van der Waals surface area (Å²) in [5.41, 5.74) is 5.60. The molecule has 0 spiro atoms. The van der Waals surface area contributed by atoms with Crippen molar-refractivity contribution in [1.82, 2.24) is 25.1 Å². The molecule has 1 fully saturated rings. The SMILES string of the molecule is Cn1nnc(CN(CCN)C2CCC2)n1. The first kappa shape index (κ1) is 10.5. The van der Waals surface area contributed by atoms with Gasteiger partial charge in [0.1, 0.15) is 0 Å². The van der Waals surface area contributed by atoms with Crippen molar-refractivity contribution in [3.63, 3.8) is 0 Å². The van der Waals surface area contributed by atoms with E-state index < -0.39 is 0 Å². The Morgan fingerprint density at radius 2 is 2.33 bits per heavy atom. The van der Waals surface area contributed by atoms with Gasteiger partial charge in [0.15, 0.2) is 5.82 Å². The van der Waals surface area contributed by atoms with Gasteiger partial charge < -0.3 is 5.73 Å². The number of nitrogens with two attached hydrogens (primary N) is 1. The van der Waals surface area contributed by atoms with Crippen LogP contribution in [0.25, 0.3) is 0 Å². The fourth-order valence-corrected chi connectivity index (χ4v) is 1.88. The molecular formula is C9H18N6. The fraction of sp³-hybridized carbons (Fsp3) is 0.889. The monoisotopic (exact) mass is 210 g/mol. The molecule has 0 aliphatic heterocycles. The van der Waals surface area contributed by atoms with E-state index in [1.807, 2.05) is 0 Å². The van der Waals surface area contributed by atoms with Gasteiger partial charge in [0, 0.05) is 19.1 Å². The largest absolute Gasteiger partial charge is 0.329 e. The average molecular weight is 210 g/mol. The number of rotatable bonds is 5. The van der Waals surface area contributed by atoms with Crippen LogP contribution < -0.4 is 5.73 Å². The van der Waals surface area contributed by atoms with Gasteiger partial charge in [-0.2, -0.15) is 4.80 Å². The van der Waals surface area contributed by atoms with Crippen LogP contribution in [0.3, 0.4) is 0 Å². The van der Waals surface area contributed by atoms with Crippen LogP contribution in [0.2, 0.25) is 0 Å². The van der Waals surface area contributed by atoms with Crippen LogP contribution in [0.4, 0.5) is 0 Å². The molecule has 2 rings (SSSR count). The predicted octanol–water partition coefficient (Wildman–Crippen LogP) is -0.477. The van der Waals surface area contributed by atoms with E-state index in [1.54, 1.807) is 7.05 Å². The van der Waals surface area contributed by atoms with Crippen molar-refractivity contribution in [2.45, 2.75) is 31.8 Å². The molecule has 0 atom stereocenters. The quantitative estimate of drug-likeness (QED) is 0.711. The van der Waals surface area contributed by atoms with E-state index in [-0.39, 0.29) is 0 Å². The molecular weight excluding hydrogens is 192 g/mol. The van der Waals surface area contributed by atoms with Gasteiger partial charge in [-0.25, -0.2) is 0 Å². The highest BCUT2D eigenvalue weighted by molar-refractivity contribution is 4.85. The van der Waals surface area contributed by atoms with Crippen molar-refractivity contribution in [3.05, 3.63) is 5.82 Å². The lowest BCUT2D eigenvalue weighted by Gasteiger charge is -2.36. The van der Waals surface area contributed by atoms with E-state index in [1.165, 1.54) is 24.1 Å². The summed E-state index contributed by atoms with van der Waals surface area (Å²) in [7, 11) is 1.78. The number of hydrogen-bond donors (Lipinski definition) is 1. The van der Waals surface area contributed by atoms with Crippen LogP contribution in [-0.2, 0) is 13.6 Å². The molecule has 84 valence electrons. The van der Waals surface area contributed by atoms with E-state index in [2.05, 4.69) is 20.3 Å². The highest BCUT2D eigenvalue weighted by atomic mass is 15.6. The minimum absolute atomic E-state index is 0.678. The first-order chi connectivity index (χ1) is 7.29. The summed E-state index contributed by atoms with van der Waals surface area (Å²) >= 11 is 0. The molecule has 1 aliphatic rings. The van der Waals surface area contributed by atoms with Crippen LogP contribution in [0.1, 0.15) is 25.1 Å². The minimum Gasteiger partial charge on any atom is -0.329 e. The Hall–Kier alpha value is -1.01. The molecule has 0 bridgehead atoms. The molecule has 1 aliphatic carbocycles. The average Bonchev–Trinajstić information content (AvgIpc) is 2.48. The topological polar surface area (TPSA) is 72.9 Å². The van der Waals surface area contributed by atoms with Gasteiger partial charge in [-0.05, 0) is 18.1 Å². The van der Waals surface area contributed by atoms with Gasteiger partial charge in [-0.3, -0.25) is 4.90 Å². The molecule has 0 aromatic carbocycles.